The summed E-state index contributed by atoms with van der Waals surface area (Å²) in [5.74, 6) is 0.535. The molecule has 1 aliphatic rings. The first-order chi connectivity index (χ1) is 8.67. The van der Waals surface area contributed by atoms with Crippen LogP contribution < -0.4 is 14.4 Å². The number of hydrogen-bond acceptors (Lipinski definition) is 6. The van der Waals surface area contributed by atoms with Crippen molar-refractivity contribution in [1.82, 2.24) is 15.0 Å². The molecule has 0 aliphatic carbocycles. The molecule has 0 aromatic carbocycles. The second-order valence-electron chi connectivity index (χ2n) is 3.84. The molecular formula is C10H13BrN4O3. The Bertz CT molecular complexity index is 434. The van der Waals surface area contributed by atoms with Crippen LogP contribution in [0.15, 0.2) is 0 Å². The van der Waals surface area contributed by atoms with Crippen LogP contribution in [-0.4, -0.2) is 47.0 Å². The summed E-state index contributed by atoms with van der Waals surface area (Å²) in [6.07, 6.45) is 0.488. The van der Waals surface area contributed by atoms with E-state index in [4.69, 9.17) is 9.47 Å². The summed E-state index contributed by atoms with van der Waals surface area (Å²) < 4.78 is 9.91. The number of halogens is 1. The van der Waals surface area contributed by atoms with Gasteiger partial charge in [-0.3, -0.25) is 9.69 Å². The number of methoxy groups -OCH3 is 2. The van der Waals surface area contributed by atoms with Crippen molar-refractivity contribution < 1.29 is 14.3 Å². The molecule has 7 nitrogen and oxygen atoms in total. The third-order valence-corrected chi connectivity index (χ3v) is 3.53. The lowest BCUT2D eigenvalue weighted by molar-refractivity contribution is -0.117. The van der Waals surface area contributed by atoms with Crippen molar-refractivity contribution in [3.8, 4) is 12.0 Å². The van der Waals surface area contributed by atoms with Crippen LogP contribution in [0.3, 0.4) is 0 Å². The van der Waals surface area contributed by atoms with Crippen LogP contribution in [0.5, 0.6) is 12.0 Å². The van der Waals surface area contributed by atoms with Gasteiger partial charge in [-0.15, -0.1) is 4.98 Å². The Morgan fingerprint density at radius 2 is 1.89 bits per heavy atom. The Morgan fingerprint density at radius 1 is 1.28 bits per heavy atom. The molecule has 0 saturated carbocycles. The molecule has 1 atom stereocenters. The third kappa shape index (κ3) is 2.53. The number of hydrogen-bond donors (Lipinski definition) is 0. The molecule has 1 saturated heterocycles. The average molecular weight is 317 g/mol. The van der Waals surface area contributed by atoms with Gasteiger partial charge in [0, 0.05) is 18.3 Å². The van der Waals surface area contributed by atoms with Gasteiger partial charge < -0.3 is 9.47 Å². The standard InChI is InChI=1S/C10H13BrN4O3/c1-17-9-12-8(13-10(14-9)18-2)15-5-6(4-11)3-7(15)16/h6H,3-5H2,1-2H3. The van der Waals surface area contributed by atoms with Crippen LogP contribution >= 0.6 is 15.9 Å². The summed E-state index contributed by atoms with van der Waals surface area (Å²) in [5, 5.41) is 0.772. The predicted octanol–water partition coefficient (Wildman–Crippen LogP) is 0.637. The normalized spacial score (nSPS) is 19.2. The Hall–Kier alpha value is -1.44. The molecule has 1 unspecified atom stereocenters. The zero-order chi connectivity index (χ0) is 13.1. The zero-order valence-corrected chi connectivity index (χ0v) is 11.7. The number of aromatic nitrogens is 3. The first kappa shape index (κ1) is 13.0. The van der Waals surface area contributed by atoms with Gasteiger partial charge in [-0.1, -0.05) is 15.9 Å². The summed E-state index contributed by atoms with van der Waals surface area (Å²) in [6.45, 7) is 0.584. The number of alkyl halides is 1. The van der Waals surface area contributed by atoms with E-state index in [0.29, 0.717) is 13.0 Å². The first-order valence-electron chi connectivity index (χ1n) is 5.38. The van der Waals surface area contributed by atoms with Crippen LogP contribution in [-0.2, 0) is 4.79 Å². The van der Waals surface area contributed by atoms with Gasteiger partial charge >= 0.3 is 12.0 Å². The van der Waals surface area contributed by atoms with Gasteiger partial charge in [-0.05, 0) is 5.92 Å². The summed E-state index contributed by atoms with van der Waals surface area (Å²) in [7, 11) is 2.90. The maximum atomic E-state index is 11.9. The van der Waals surface area contributed by atoms with E-state index < -0.39 is 0 Å². The molecule has 0 spiro atoms. The highest BCUT2D eigenvalue weighted by Gasteiger charge is 2.32. The number of nitrogens with zero attached hydrogens (tertiary/aromatic N) is 4. The van der Waals surface area contributed by atoms with Gasteiger partial charge in [-0.25, -0.2) is 0 Å². The predicted molar refractivity (Wildman–Crippen MR) is 67.2 cm³/mol. The minimum atomic E-state index is -0.00486. The Kier molecular flexibility index (Phi) is 3.95. The molecule has 1 fully saturated rings. The summed E-state index contributed by atoms with van der Waals surface area (Å²) in [6, 6.07) is 0.263. The largest absolute Gasteiger partial charge is 0.467 e. The number of ether oxygens (including phenoxy) is 2. The highest BCUT2D eigenvalue weighted by Crippen LogP contribution is 2.25. The maximum absolute atomic E-state index is 11.9. The minimum absolute atomic E-state index is 0.00486. The van der Waals surface area contributed by atoms with E-state index in [-0.39, 0.29) is 29.8 Å². The number of rotatable bonds is 4. The number of anilines is 1. The molecule has 0 radical (unpaired) electrons. The number of amides is 1. The molecule has 1 amide bonds. The zero-order valence-electron chi connectivity index (χ0n) is 10.1. The second kappa shape index (κ2) is 5.47. The third-order valence-electron chi connectivity index (χ3n) is 2.61. The summed E-state index contributed by atoms with van der Waals surface area (Å²) >= 11 is 3.38. The molecule has 18 heavy (non-hydrogen) atoms. The molecule has 2 heterocycles. The molecule has 98 valence electrons. The topological polar surface area (TPSA) is 77.4 Å². The van der Waals surface area contributed by atoms with E-state index in [1.165, 1.54) is 19.1 Å². The van der Waals surface area contributed by atoms with Gasteiger partial charge in [0.05, 0.1) is 14.2 Å². The smallest absolute Gasteiger partial charge is 0.324 e. The lowest BCUT2D eigenvalue weighted by Crippen LogP contribution is -2.27. The van der Waals surface area contributed by atoms with Crippen molar-refractivity contribution in [3.63, 3.8) is 0 Å². The fourth-order valence-corrected chi connectivity index (χ4v) is 2.14. The lowest BCUT2D eigenvalue weighted by atomic mass is 10.2. The fraction of sp³-hybridized carbons (Fsp3) is 0.600. The van der Waals surface area contributed by atoms with Crippen molar-refractivity contribution in [2.24, 2.45) is 5.92 Å². The van der Waals surface area contributed by atoms with Gasteiger partial charge in [0.1, 0.15) is 0 Å². The van der Waals surface area contributed by atoms with Crippen LogP contribution in [0.2, 0.25) is 0 Å². The molecular weight excluding hydrogens is 304 g/mol. The first-order valence-corrected chi connectivity index (χ1v) is 6.50. The molecule has 2 rings (SSSR count). The monoisotopic (exact) mass is 316 g/mol. The lowest BCUT2D eigenvalue weighted by Gasteiger charge is -2.14. The Morgan fingerprint density at radius 3 is 2.33 bits per heavy atom. The second-order valence-corrected chi connectivity index (χ2v) is 4.49. The van der Waals surface area contributed by atoms with Crippen molar-refractivity contribution >= 4 is 27.8 Å². The Balaban J connectivity index is 2.30. The summed E-state index contributed by atoms with van der Waals surface area (Å²) in [4.78, 5) is 25.4. The molecule has 0 bridgehead atoms. The SMILES string of the molecule is COc1nc(OC)nc(N2CC(CBr)CC2=O)n1. The van der Waals surface area contributed by atoms with Crippen LogP contribution in [0.1, 0.15) is 6.42 Å². The highest BCUT2D eigenvalue weighted by molar-refractivity contribution is 9.09. The number of carbonyl (C=O) groups excluding carboxylic acids is 1. The van der Waals surface area contributed by atoms with Crippen molar-refractivity contribution in [3.05, 3.63) is 0 Å². The van der Waals surface area contributed by atoms with Gasteiger partial charge in [-0.2, -0.15) is 9.97 Å². The van der Waals surface area contributed by atoms with E-state index in [9.17, 15) is 4.79 Å². The highest BCUT2D eigenvalue weighted by atomic mass is 79.9. The molecule has 1 aliphatic heterocycles. The van der Waals surface area contributed by atoms with Crippen LogP contribution in [0.25, 0.3) is 0 Å². The quantitative estimate of drug-likeness (QED) is 0.758. The van der Waals surface area contributed by atoms with Crippen molar-refractivity contribution in [2.75, 3.05) is 31.0 Å². The van der Waals surface area contributed by atoms with E-state index in [1.807, 2.05) is 0 Å². The Labute approximate surface area is 113 Å². The van der Waals surface area contributed by atoms with Crippen LogP contribution in [0.4, 0.5) is 5.95 Å². The van der Waals surface area contributed by atoms with Crippen LogP contribution in [0, 0.1) is 5.92 Å². The molecule has 8 heteroatoms. The van der Waals surface area contributed by atoms with Crippen molar-refractivity contribution in [2.45, 2.75) is 6.42 Å². The van der Waals surface area contributed by atoms with Crippen molar-refractivity contribution in [1.29, 1.82) is 0 Å². The van der Waals surface area contributed by atoms with Gasteiger partial charge in [0.15, 0.2) is 0 Å². The molecule has 0 N–H and O–H groups in total. The fourth-order valence-electron chi connectivity index (χ4n) is 1.71. The maximum Gasteiger partial charge on any atom is 0.324 e. The van der Waals surface area contributed by atoms with E-state index in [0.717, 1.165) is 5.33 Å². The average Bonchev–Trinajstić information content (AvgIpc) is 2.79. The van der Waals surface area contributed by atoms with Gasteiger partial charge in [0.25, 0.3) is 0 Å². The summed E-state index contributed by atoms with van der Waals surface area (Å²) in [5.41, 5.74) is 0. The minimum Gasteiger partial charge on any atom is -0.467 e. The van der Waals surface area contributed by atoms with E-state index >= 15 is 0 Å². The molecule has 1 aromatic heterocycles. The van der Waals surface area contributed by atoms with E-state index in [2.05, 4.69) is 30.9 Å². The van der Waals surface area contributed by atoms with Gasteiger partial charge in [0.2, 0.25) is 11.9 Å². The van der Waals surface area contributed by atoms with E-state index in [1.54, 1.807) is 0 Å². The molecule has 1 aromatic rings. The number of carbonyl (C=O) groups is 1.